The van der Waals surface area contributed by atoms with Crippen LogP contribution in [0.4, 0.5) is 0 Å². The van der Waals surface area contributed by atoms with E-state index in [1.54, 1.807) is 6.08 Å². The lowest BCUT2D eigenvalue weighted by Gasteiger charge is -2.21. The molecule has 54 valence electrons. The summed E-state index contributed by atoms with van der Waals surface area (Å²) in [5.74, 6) is 0.287. The molecule has 1 N–H and O–H groups in total. The summed E-state index contributed by atoms with van der Waals surface area (Å²) in [6.07, 6.45) is 2.95. The largest absolute Gasteiger partial charge is 0.388 e. The first-order valence-electron chi connectivity index (χ1n) is 3.08. The second-order valence-corrected chi connectivity index (χ2v) is 2.47. The maximum atomic E-state index is 9.43. The fourth-order valence-corrected chi connectivity index (χ4v) is 0.860. The van der Waals surface area contributed by atoms with E-state index in [4.69, 9.17) is 11.6 Å². The van der Waals surface area contributed by atoms with Crippen molar-refractivity contribution >= 4 is 11.6 Å². The molecule has 0 radical (unpaired) electrons. The molecular weight excluding hydrogens is 136 g/mol. The van der Waals surface area contributed by atoms with Crippen LogP contribution >= 0.6 is 11.6 Å². The fourth-order valence-electron chi connectivity index (χ4n) is 0.562. The predicted octanol–water partition coefficient (Wildman–Crippen LogP) is 1.94. The quantitative estimate of drug-likeness (QED) is 0.477. The molecule has 9 heavy (non-hydrogen) atoms. The van der Waals surface area contributed by atoms with E-state index in [9.17, 15) is 5.11 Å². The van der Waals surface area contributed by atoms with Crippen LogP contribution in [0.25, 0.3) is 0 Å². The summed E-state index contributed by atoms with van der Waals surface area (Å²) < 4.78 is 0. The second-order valence-electron chi connectivity index (χ2n) is 2.20. The standard InChI is InChI=1S/C7H13ClO/c1-3-5-7(9,4-2)6-8/h3,9H,1,4-6H2,2H3. The highest BCUT2D eigenvalue weighted by atomic mass is 35.5. The molecule has 2 heteroatoms. The van der Waals surface area contributed by atoms with Crippen molar-refractivity contribution in [3.05, 3.63) is 12.7 Å². The average molecular weight is 149 g/mol. The van der Waals surface area contributed by atoms with Gasteiger partial charge in [-0.15, -0.1) is 18.2 Å². The molecule has 0 fully saturated rings. The molecule has 0 rings (SSSR count). The van der Waals surface area contributed by atoms with Gasteiger partial charge in [-0.05, 0) is 12.8 Å². The number of aliphatic hydroxyl groups is 1. The zero-order chi connectivity index (χ0) is 7.33. The molecule has 0 aromatic carbocycles. The first-order chi connectivity index (χ1) is 4.18. The highest BCUT2D eigenvalue weighted by Gasteiger charge is 2.20. The molecule has 0 amide bonds. The monoisotopic (exact) mass is 148 g/mol. The van der Waals surface area contributed by atoms with Gasteiger partial charge in [0.05, 0.1) is 11.5 Å². The molecule has 1 nitrogen and oxygen atoms in total. The highest BCUT2D eigenvalue weighted by molar-refractivity contribution is 6.18. The Morgan fingerprint density at radius 3 is 2.44 bits per heavy atom. The SMILES string of the molecule is C=CCC(O)(CC)CCl. The first-order valence-corrected chi connectivity index (χ1v) is 3.61. The summed E-state index contributed by atoms with van der Waals surface area (Å²) in [4.78, 5) is 0. The van der Waals surface area contributed by atoms with Gasteiger partial charge in [-0.3, -0.25) is 0 Å². The first kappa shape index (κ1) is 8.99. The third kappa shape index (κ3) is 2.87. The van der Waals surface area contributed by atoms with Crippen LogP contribution in [0.5, 0.6) is 0 Å². The number of hydrogen-bond donors (Lipinski definition) is 1. The van der Waals surface area contributed by atoms with Crippen molar-refractivity contribution in [2.75, 3.05) is 5.88 Å². The molecule has 0 bridgehead atoms. The zero-order valence-electron chi connectivity index (χ0n) is 5.73. The highest BCUT2D eigenvalue weighted by Crippen LogP contribution is 2.16. The topological polar surface area (TPSA) is 20.2 Å². The van der Waals surface area contributed by atoms with Crippen molar-refractivity contribution in [3.63, 3.8) is 0 Å². The minimum atomic E-state index is -0.719. The smallest absolute Gasteiger partial charge is 0.0814 e. The van der Waals surface area contributed by atoms with Crippen molar-refractivity contribution in [2.45, 2.75) is 25.4 Å². The Hall–Kier alpha value is -0.0100. The predicted molar refractivity (Wildman–Crippen MR) is 40.8 cm³/mol. The number of halogens is 1. The molecule has 0 aliphatic carbocycles. The van der Waals surface area contributed by atoms with Crippen LogP contribution in [0.2, 0.25) is 0 Å². The second kappa shape index (κ2) is 3.91. The summed E-state index contributed by atoms with van der Waals surface area (Å²) in [5.41, 5.74) is -0.719. The van der Waals surface area contributed by atoms with Gasteiger partial charge in [0, 0.05) is 0 Å². The number of alkyl halides is 1. The Bertz CT molecular complexity index is 86.9. The Kier molecular flexibility index (Phi) is 3.91. The summed E-state index contributed by atoms with van der Waals surface area (Å²) in [5, 5.41) is 9.43. The van der Waals surface area contributed by atoms with Gasteiger partial charge >= 0.3 is 0 Å². The average Bonchev–Trinajstić information content (AvgIpc) is 1.89. The van der Waals surface area contributed by atoms with E-state index < -0.39 is 5.60 Å². The lowest BCUT2D eigenvalue weighted by Crippen LogP contribution is -2.28. The van der Waals surface area contributed by atoms with Crippen LogP contribution < -0.4 is 0 Å². The van der Waals surface area contributed by atoms with E-state index in [0.717, 1.165) is 0 Å². The summed E-state index contributed by atoms with van der Waals surface area (Å²) in [6.45, 7) is 5.43. The van der Waals surface area contributed by atoms with Crippen LogP contribution in [-0.2, 0) is 0 Å². The van der Waals surface area contributed by atoms with Gasteiger partial charge in [-0.2, -0.15) is 0 Å². The molecule has 0 saturated heterocycles. The number of rotatable bonds is 4. The van der Waals surface area contributed by atoms with Crippen LogP contribution in [0, 0.1) is 0 Å². The zero-order valence-corrected chi connectivity index (χ0v) is 6.49. The van der Waals surface area contributed by atoms with Crippen molar-refractivity contribution in [1.29, 1.82) is 0 Å². The molecule has 0 spiro atoms. The minimum absolute atomic E-state index is 0.287. The van der Waals surface area contributed by atoms with E-state index in [-0.39, 0.29) is 5.88 Å². The van der Waals surface area contributed by atoms with Crippen LogP contribution in [-0.4, -0.2) is 16.6 Å². The Labute approximate surface area is 61.3 Å². The number of hydrogen-bond acceptors (Lipinski definition) is 1. The van der Waals surface area contributed by atoms with Gasteiger partial charge in [0.15, 0.2) is 0 Å². The van der Waals surface area contributed by atoms with Gasteiger partial charge in [-0.25, -0.2) is 0 Å². The molecular formula is C7H13ClO. The van der Waals surface area contributed by atoms with E-state index in [1.165, 1.54) is 0 Å². The van der Waals surface area contributed by atoms with Crippen molar-refractivity contribution in [2.24, 2.45) is 0 Å². The maximum Gasteiger partial charge on any atom is 0.0814 e. The molecule has 0 heterocycles. The normalized spacial score (nSPS) is 16.8. The molecule has 0 aromatic heterocycles. The molecule has 0 aliphatic heterocycles. The molecule has 1 atom stereocenters. The Morgan fingerprint density at radius 1 is 1.78 bits per heavy atom. The van der Waals surface area contributed by atoms with Gasteiger partial charge in [0.25, 0.3) is 0 Å². The Balaban J connectivity index is 3.75. The van der Waals surface area contributed by atoms with Crippen LogP contribution in [0.1, 0.15) is 19.8 Å². The third-order valence-corrected chi connectivity index (χ3v) is 1.93. The van der Waals surface area contributed by atoms with E-state index in [1.807, 2.05) is 6.92 Å². The van der Waals surface area contributed by atoms with E-state index in [2.05, 4.69) is 6.58 Å². The van der Waals surface area contributed by atoms with Crippen LogP contribution in [0.15, 0.2) is 12.7 Å². The van der Waals surface area contributed by atoms with Crippen molar-refractivity contribution in [3.8, 4) is 0 Å². The van der Waals surface area contributed by atoms with E-state index >= 15 is 0 Å². The van der Waals surface area contributed by atoms with E-state index in [0.29, 0.717) is 12.8 Å². The lowest BCUT2D eigenvalue weighted by molar-refractivity contribution is 0.0630. The van der Waals surface area contributed by atoms with Gasteiger partial charge < -0.3 is 5.11 Å². The minimum Gasteiger partial charge on any atom is -0.388 e. The molecule has 0 aromatic rings. The molecule has 0 saturated carbocycles. The fraction of sp³-hybridized carbons (Fsp3) is 0.714. The van der Waals surface area contributed by atoms with Gasteiger partial charge in [0.1, 0.15) is 0 Å². The molecule has 0 aliphatic rings. The van der Waals surface area contributed by atoms with Crippen molar-refractivity contribution < 1.29 is 5.11 Å². The van der Waals surface area contributed by atoms with Crippen LogP contribution in [0.3, 0.4) is 0 Å². The third-order valence-electron chi connectivity index (χ3n) is 1.43. The summed E-state index contributed by atoms with van der Waals surface area (Å²) in [6, 6.07) is 0. The Morgan fingerprint density at radius 2 is 2.33 bits per heavy atom. The summed E-state index contributed by atoms with van der Waals surface area (Å²) >= 11 is 5.49. The van der Waals surface area contributed by atoms with Crippen molar-refractivity contribution in [1.82, 2.24) is 0 Å². The molecule has 1 unspecified atom stereocenters. The van der Waals surface area contributed by atoms with Gasteiger partial charge in [-0.1, -0.05) is 13.0 Å². The maximum absolute atomic E-state index is 9.43. The van der Waals surface area contributed by atoms with Gasteiger partial charge in [0.2, 0.25) is 0 Å². The lowest BCUT2D eigenvalue weighted by atomic mass is 9.99. The summed E-state index contributed by atoms with van der Waals surface area (Å²) in [7, 11) is 0.